The molecule has 6 aromatic rings. The van der Waals surface area contributed by atoms with E-state index in [1.54, 1.807) is 0 Å². The van der Waals surface area contributed by atoms with Gasteiger partial charge in [0.25, 0.3) is 0 Å². The van der Waals surface area contributed by atoms with Crippen molar-refractivity contribution < 1.29 is 199 Å². The van der Waals surface area contributed by atoms with E-state index >= 15 is 0 Å². The first-order chi connectivity index (χ1) is 33.1. The van der Waals surface area contributed by atoms with E-state index in [-0.39, 0.29) is 195 Å². The summed E-state index contributed by atoms with van der Waals surface area (Å²) in [6, 6.07) is 12.6. The van der Waals surface area contributed by atoms with Crippen molar-refractivity contribution in [2.45, 2.75) is 27.0 Å². The van der Waals surface area contributed by atoms with Crippen LogP contribution >= 0.6 is 24.4 Å². The maximum absolute atomic E-state index is 14.7. The quantitative estimate of drug-likeness (QED) is 0.00403. The first kappa shape index (κ1) is 70.2. The second-order valence-electron chi connectivity index (χ2n) is 12.8. The summed E-state index contributed by atoms with van der Waals surface area (Å²) >= 11 is 0.423. The maximum atomic E-state index is 14.7. The molecule has 0 unspecified atom stereocenters. The van der Waals surface area contributed by atoms with Gasteiger partial charge in [0, 0.05) is 23.1 Å². The van der Waals surface area contributed by atoms with Gasteiger partial charge < -0.3 is 47.0 Å². The second kappa shape index (κ2) is 31.7. The van der Waals surface area contributed by atoms with Gasteiger partial charge in [-0.3, -0.25) is 14.3 Å². The predicted molar refractivity (Wildman–Crippen MR) is 233 cm³/mol. The van der Waals surface area contributed by atoms with Gasteiger partial charge in [-0.05, 0) is 66.7 Å². The van der Waals surface area contributed by atoms with Gasteiger partial charge in [0.1, 0.15) is 48.8 Å². The van der Waals surface area contributed by atoms with Gasteiger partial charge in [-0.15, -0.1) is 24.8 Å². The van der Waals surface area contributed by atoms with Crippen molar-refractivity contribution in [2.24, 2.45) is 20.5 Å². The van der Waals surface area contributed by atoms with Gasteiger partial charge in [0.2, 0.25) is 17.8 Å². The van der Waals surface area contributed by atoms with Crippen molar-refractivity contribution in [1.29, 1.82) is 0 Å². The SMILES string of the molecule is C.Nc1c(N=Nc2cc(Nc3cc(F)nc(F)n3)ccc2S(=O)(=O)[O-])cc(S(=O)(=O)[O-])c(N)c1N=Nc1cc(Nc2nc(F)nc(Nc3ccc(S(=O)(=O)CCOSOO[O-])cc3)n2)ccc1SOO[O-].[Na+].[Na+].[Na+].[Na+]. The zero-order valence-corrected chi connectivity index (χ0v) is 49.9. The van der Waals surface area contributed by atoms with Crippen molar-refractivity contribution in [1.82, 2.24) is 24.9 Å². The summed E-state index contributed by atoms with van der Waals surface area (Å²) in [5, 5.41) is 50.0. The number of nitrogens with two attached hydrogens (primary N) is 2. The fourth-order valence-corrected chi connectivity index (χ4v) is 8.38. The average molecular weight is 1180 g/mol. The molecule has 378 valence electrons. The van der Waals surface area contributed by atoms with Crippen molar-refractivity contribution in [2.75, 3.05) is 39.8 Å². The number of benzene rings is 4. The summed E-state index contributed by atoms with van der Waals surface area (Å²) in [7, 11) is -14.7. The fraction of sp³-hybridized carbons (Fsp3) is 0.0882. The molecule has 0 bridgehead atoms. The topological polar surface area (TPSA) is 443 Å². The van der Waals surface area contributed by atoms with Crippen LogP contribution in [-0.2, 0) is 53.0 Å². The van der Waals surface area contributed by atoms with Gasteiger partial charge in [-0.2, -0.15) is 42.4 Å². The third-order valence-corrected chi connectivity index (χ3v) is 12.7. The molecule has 0 aliphatic carbocycles. The molecule has 0 fully saturated rings. The Balaban J connectivity index is 0.00000562. The molecular formula is C34H27F3N14Na4O15S5. The van der Waals surface area contributed by atoms with Gasteiger partial charge in [-0.1, -0.05) is 7.43 Å². The molecule has 41 heteroatoms. The fourth-order valence-electron chi connectivity index (χ4n) is 5.34. The number of halogens is 3. The van der Waals surface area contributed by atoms with Crippen molar-refractivity contribution in [3.63, 3.8) is 0 Å². The number of nitrogen functional groups attached to an aromatic ring is 2. The smallest absolute Gasteiger partial charge is 0.744 e. The Hall–Kier alpha value is -2.85. The average Bonchev–Trinajstić information content (AvgIpc) is 3.27. The first-order valence-corrected chi connectivity index (χ1v) is 23.9. The molecule has 7 N–H and O–H groups in total. The molecule has 4 aromatic carbocycles. The van der Waals surface area contributed by atoms with E-state index in [0.717, 1.165) is 18.2 Å². The van der Waals surface area contributed by atoms with E-state index in [4.69, 9.17) is 15.7 Å². The van der Waals surface area contributed by atoms with Crippen LogP contribution < -0.4 is 156 Å². The van der Waals surface area contributed by atoms with Crippen LogP contribution in [0.5, 0.6) is 0 Å². The molecule has 0 aliphatic heterocycles. The molecule has 0 saturated heterocycles. The van der Waals surface area contributed by atoms with Crippen LogP contribution in [0.1, 0.15) is 7.43 Å². The van der Waals surface area contributed by atoms with Gasteiger partial charge >= 0.3 is 130 Å². The molecule has 0 amide bonds. The number of nitrogens with one attached hydrogen (secondary N) is 3. The van der Waals surface area contributed by atoms with Crippen LogP contribution in [0.2, 0.25) is 0 Å². The minimum Gasteiger partial charge on any atom is -0.744 e. The Kier molecular flexibility index (Phi) is 29.6. The molecule has 0 spiro atoms. The number of rotatable bonds is 22. The van der Waals surface area contributed by atoms with Gasteiger partial charge in [0.05, 0.1) is 55.4 Å². The zero-order chi connectivity index (χ0) is 50.8. The van der Waals surface area contributed by atoms with Crippen LogP contribution in [0.15, 0.2) is 113 Å². The third kappa shape index (κ3) is 20.4. The van der Waals surface area contributed by atoms with Gasteiger partial charge in [0.15, 0.2) is 22.2 Å². The van der Waals surface area contributed by atoms with Crippen LogP contribution in [0.4, 0.5) is 82.1 Å². The summed E-state index contributed by atoms with van der Waals surface area (Å²) in [5.74, 6) is -3.03. The van der Waals surface area contributed by atoms with Crippen molar-refractivity contribution >= 4 is 123 Å². The number of nitrogens with zero attached hydrogens (tertiary/aromatic N) is 9. The Morgan fingerprint density at radius 3 is 1.76 bits per heavy atom. The number of azo groups is 2. The van der Waals surface area contributed by atoms with Crippen LogP contribution in [0.3, 0.4) is 0 Å². The molecule has 0 radical (unpaired) electrons. The largest absolute Gasteiger partial charge is 1.00 e. The minimum atomic E-state index is -5.49. The van der Waals surface area contributed by atoms with E-state index in [1.165, 1.54) is 42.5 Å². The number of anilines is 8. The predicted octanol–water partition coefficient (Wildman–Crippen LogP) is -7.43. The molecule has 2 heterocycles. The van der Waals surface area contributed by atoms with E-state index in [9.17, 15) is 58.0 Å². The number of sulfone groups is 1. The normalized spacial score (nSPS) is 11.4. The summed E-state index contributed by atoms with van der Waals surface area (Å²) in [5.41, 5.74) is 8.31. The summed E-state index contributed by atoms with van der Waals surface area (Å²) in [4.78, 5) is 15.0. The molecule has 75 heavy (non-hydrogen) atoms. The Morgan fingerprint density at radius 1 is 0.600 bits per heavy atom. The second-order valence-corrected chi connectivity index (χ2v) is 18.9. The van der Waals surface area contributed by atoms with Crippen molar-refractivity contribution in [3.05, 3.63) is 90.9 Å². The van der Waals surface area contributed by atoms with Crippen LogP contribution in [0, 0.1) is 18.1 Å². The van der Waals surface area contributed by atoms with E-state index in [1.807, 2.05) is 0 Å². The monoisotopic (exact) mass is 1180 g/mol. The van der Waals surface area contributed by atoms with E-state index in [0.29, 0.717) is 12.1 Å². The molecule has 6 rings (SSSR count). The molecule has 2 aromatic heterocycles. The minimum absolute atomic E-state index is 0. The van der Waals surface area contributed by atoms with Crippen LogP contribution in [0.25, 0.3) is 0 Å². The summed E-state index contributed by atoms with van der Waals surface area (Å²) < 4.78 is 153. The Bertz CT molecular complexity index is 3320. The standard InChI is InChI=1S/C33H27F3N14O15S5.CH4.4Na/c34-25-14-26(43-30(35)42-25)39-16-4-8-23(69(55,56)57)20(12-16)48-49-21-13-24(70(58,59)60)28(38)29(27(21)37)50-47-19-11-17(3-7-22(19)66-64-62-51)41-33-45-31(36)44-32(46-33)40-15-1-5-18(6-2-15)68(53,54)10-9-61-67-65-63-52;;;;;/h1-8,11-14,51-52H,9-10,37-38H2,(H,39,42,43)(H,55,56,57)(H,58,59,60)(H2,40,41,44,45,46);1H4;;;;/q;;4*+1/p-4. The van der Waals surface area contributed by atoms with Crippen molar-refractivity contribution in [3.8, 4) is 0 Å². The van der Waals surface area contributed by atoms with E-state index < -0.39 is 104 Å². The van der Waals surface area contributed by atoms with E-state index in [2.05, 4.69) is 80.1 Å². The molecule has 0 atom stereocenters. The molecule has 0 aliphatic rings. The Labute approximate surface area is 519 Å². The van der Waals surface area contributed by atoms with Crippen LogP contribution in [-0.4, -0.2) is 71.6 Å². The number of hydrogen-bond acceptors (Lipinski definition) is 31. The molecule has 0 saturated carbocycles. The molecular weight excluding hydrogens is 1150 g/mol. The first-order valence-electron chi connectivity index (χ1n) is 18.0. The molecule has 29 nitrogen and oxygen atoms in total. The van der Waals surface area contributed by atoms with Gasteiger partial charge in [-0.25, -0.2) is 25.3 Å². The maximum Gasteiger partial charge on any atom is 1.00 e. The summed E-state index contributed by atoms with van der Waals surface area (Å²) in [6.45, 7) is -0.362. The Morgan fingerprint density at radius 2 is 1.15 bits per heavy atom. The zero-order valence-electron chi connectivity index (χ0n) is 37.8. The summed E-state index contributed by atoms with van der Waals surface area (Å²) in [6.07, 6.45) is -2.76. The number of hydrogen-bond donors (Lipinski definition) is 5. The third-order valence-electron chi connectivity index (χ3n) is 8.26. The number of aromatic nitrogens is 5.